The molecule has 0 spiro atoms. The van der Waals surface area contributed by atoms with Gasteiger partial charge in [-0.05, 0) is 26.0 Å². The zero-order valence-corrected chi connectivity index (χ0v) is 9.34. The summed E-state index contributed by atoms with van der Waals surface area (Å²) in [4.78, 5) is 14.7. The fourth-order valence-electron chi connectivity index (χ4n) is 1.22. The van der Waals surface area contributed by atoms with Crippen LogP contribution in [0.1, 0.15) is 36.3 Å². The van der Waals surface area contributed by atoms with Crippen LogP contribution < -0.4 is 0 Å². The minimum absolute atomic E-state index is 0.0121. The predicted octanol–water partition coefficient (Wildman–Crippen LogP) is 1.85. The quantitative estimate of drug-likeness (QED) is 0.748. The predicted molar refractivity (Wildman–Crippen MR) is 57.2 cm³/mol. The van der Waals surface area contributed by atoms with E-state index < -0.39 is 12.3 Å². The van der Waals surface area contributed by atoms with Crippen molar-refractivity contribution in [3.63, 3.8) is 0 Å². The Kier molecular flexibility index (Phi) is 4.88. The lowest BCUT2D eigenvalue weighted by Gasteiger charge is -2.16. The van der Waals surface area contributed by atoms with Crippen molar-refractivity contribution in [2.24, 2.45) is 0 Å². The number of aromatic carboxylic acids is 1. The molecule has 88 valence electrons. The highest BCUT2D eigenvalue weighted by atomic mass is 16.7. The van der Waals surface area contributed by atoms with Crippen molar-refractivity contribution in [2.75, 3.05) is 13.2 Å². The SMILES string of the molecule is CCOC(OCC)c1cccc(C(=O)O)n1. The van der Waals surface area contributed by atoms with Crippen LogP contribution in [0.2, 0.25) is 0 Å². The molecule has 0 atom stereocenters. The van der Waals surface area contributed by atoms with Crippen LogP contribution >= 0.6 is 0 Å². The van der Waals surface area contributed by atoms with Crippen LogP contribution in [0.5, 0.6) is 0 Å². The molecule has 0 unspecified atom stereocenters. The first kappa shape index (κ1) is 12.6. The molecule has 1 N–H and O–H groups in total. The molecule has 1 aromatic heterocycles. The number of carbonyl (C=O) groups is 1. The molecule has 16 heavy (non-hydrogen) atoms. The standard InChI is InChI=1S/C11H15NO4/c1-3-15-11(16-4-2)9-7-5-6-8(12-9)10(13)14/h5-7,11H,3-4H2,1-2H3,(H,13,14). The molecule has 5 heteroatoms. The number of nitrogens with zero attached hydrogens (tertiary/aromatic N) is 1. The summed E-state index contributed by atoms with van der Waals surface area (Å²) in [5, 5.41) is 8.81. The molecular weight excluding hydrogens is 210 g/mol. The van der Waals surface area contributed by atoms with Crippen molar-refractivity contribution in [3.8, 4) is 0 Å². The molecule has 1 aromatic rings. The molecule has 0 saturated heterocycles. The van der Waals surface area contributed by atoms with Gasteiger partial charge in [-0.15, -0.1) is 0 Å². The van der Waals surface area contributed by atoms with Gasteiger partial charge in [-0.3, -0.25) is 0 Å². The van der Waals surface area contributed by atoms with Gasteiger partial charge in [-0.1, -0.05) is 6.07 Å². The van der Waals surface area contributed by atoms with Gasteiger partial charge >= 0.3 is 5.97 Å². The van der Waals surface area contributed by atoms with E-state index in [9.17, 15) is 4.79 Å². The average Bonchev–Trinajstić information content (AvgIpc) is 2.29. The van der Waals surface area contributed by atoms with E-state index in [1.807, 2.05) is 13.8 Å². The van der Waals surface area contributed by atoms with E-state index in [-0.39, 0.29) is 5.69 Å². The number of hydrogen-bond acceptors (Lipinski definition) is 4. The number of carboxylic acid groups (broad SMARTS) is 1. The van der Waals surface area contributed by atoms with Crippen molar-refractivity contribution in [1.82, 2.24) is 4.98 Å². The Balaban J connectivity index is 2.90. The van der Waals surface area contributed by atoms with Gasteiger partial charge < -0.3 is 14.6 Å². The molecule has 0 radical (unpaired) electrons. The van der Waals surface area contributed by atoms with Crippen LogP contribution in [0, 0.1) is 0 Å². The molecule has 0 saturated carbocycles. The van der Waals surface area contributed by atoms with E-state index in [0.29, 0.717) is 18.9 Å². The zero-order valence-electron chi connectivity index (χ0n) is 9.34. The van der Waals surface area contributed by atoms with E-state index in [2.05, 4.69) is 4.98 Å². The second kappa shape index (κ2) is 6.19. The molecule has 1 heterocycles. The maximum atomic E-state index is 10.7. The molecule has 0 aromatic carbocycles. The monoisotopic (exact) mass is 225 g/mol. The zero-order chi connectivity index (χ0) is 12.0. The lowest BCUT2D eigenvalue weighted by Crippen LogP contribution is -2.12. The second-order valence-electron chi connectivity index (χ2n) is 3.00. The minimum atomic E-state index is -1.06. The molecule has 1 rings (SSSR count). The third-order valence-electron chi connectivity index (χ3n) is 1.87. The molecular formula is C11H15NO4. The van der Waals surface area contributed by atoms with Crippen molar-refractivity contribution >= 4 is 5.97 Å². The van der Waals surface area contributed by atoms with Gasteiger partial charge in [0.15, 0.2) is 0 Å². The van der Waals surface area contributed by atoms with E-state index in [1.54, 1.807) is 12.1 Å². The highest BCUT2D eigenvalue weighted by molar-refractivity contribution is 5.85. The highest BCUT2D eigenvalue weighted by Gasteiger charge is 2.14. The third-order valence-corrected chi connectivity index (χ3v) is 1.87. The maximum absolute atomic E-state index is 10.7. The van der Waals surface area contributed by atoms with Crippen molar-refractivity contribution < 1.29 is 19.4 Å². The van der Waals surface area contributed by atoms with Crippen molar-refractivity contribution in [1.29, 1.82) is 0 Å². The van der Waals surface area contributed by atoms with Gasteiger partial charge in [0.2, 0.25) is 6.29 Å². The van der Waals surface area contributed by atoms with Gasteiger partial charge in [-0.25, -0.2) is 9.78 Å². The van der Waals surface area contributed by atoms with E-state index in [0.717, 1.165) is 0 Å². The summed E-state index contributed by atoms with van der Waals surface area (Å²) in [5.74, 6) is -1.06. The van der Waals surface area contributed by atoms with Gasteiger partial charge in [0.25, 0.3) is 0 Å². The molecule has 0 aliphatic rings. The number of carboxylic acids is 1. The Morgan fingerprint density at radius 2 is 2.00 bits per heavy atom. The highest BCUT2D eigenvalue weighted by Crippen LogP contribution is 2.16. The lowest BCUT2D eigenvalue weighted by molar-refractivity contribution is -0.142. The first-order valence-corrected chi connectivity index (χ1v) is 5.12. The van der Waals surface area contributed by atoms with E-state index in [1.165, 1.54) is 6.07 Å². The summed E-state index contributed by atoms with van der Waals surface area (Å²) < 4.78 is 10.7. The largest absolute Gasteiger partial charge is 0.477 e. The first-order valence-electron chi connectivity index (χ1n) is 5.12. The van der Waals surface area contributed by atoms with Crippen molar-refractivity contribution in [2.45, 2.75) is 20.1 Å². The van der Waals surface area contributed by atoms with E-state index >= 15 is 0 Å². The number of hydrogen-bond donors (Lipinski definition) is 1. The van der Waals surface area contributed by atoms with E-state index in [4.69, 9.17) is 14.6 Å². The summed E-state index contributed by atoms with van der Waals surface area (Å²) in [7, 11) is 0. The molecule has 5 nitrogen and oxygen atoms in total. The Morgan fingerprint density at radius 1 is 1.38 bits per heavy atom. The van der Waals surface area contributed by atoms with Crippen LogP contribution in [0.3, 0.4) is 0 Å². The maximum Gasteiger partial charge on any atom is 0.354 e. The summed E-state index contributed by atoms with van der Waals surface area (Å²) in [6, 6.07) is 4.74. The molecule has 0 bridgehead atoms. The van der Waals surface area contributed by atoms with Crippen LogP contribution in [-0.2, 0) is 9.47 Å². The summed E-state index contributed by atoms with van der Waals surface area (Å²) in [6.07, 6.45) is -0.603. The summed E-state index contributed by atoms with van der Waals surface area (Å²) in [5.41, 5.74) is 0.463. The third kappa shape index (κ3) is 3.29. The first-order chi connectivity index (χ1) is 7.69. The second-order valence-corrected chi connectivity index (χ2v) is 3.00. The Morgan fingerprint density at radius 3 is 2.50 bits per heavy atom. The summed E-state index contributed by atoms with van der Waals surface area (Å²) in [6.45, 7) is 4.63. The normalized spacial score (nSPS) is 10.7. The van der Waals surface area contributed by atoms with Gasteiger partial charge in [0.05, 0.1) is 5.69 Å². The molecule has 0 fully saturated rings. The molecule has 0 aliphatic carbocycles. The molecule has 0 aliphatic heterocycles. The van der Waals surface area contributed by atoms with Gasteiger partial charge in [0.1, 0.15) is 5.69 Å². The topological polar surface area (TPSA) is 68.7 Å². The summed E-state index contributed by atoms with van der Waals surface area (Å²) >= 11 is 0. The Labute approximate surface area is 94.0 Å². The van der Waals surface area contributed by atoms with Crippen LogP contribution in [0.15, 0.2) is 18.2 Å². The Hall–Kier alpha value is -1.46. The minimum Gasteiger partial charge on any atom is -0.477 e. The Bertz CT molecular complexity index is 348. The smallest absolute Gasteiger partial charge is 0.354 e. The lowest BCUT2D eigenvalue weighted by atomic mass is 10.3. The molecule has 0 amide bonds. The average molecular weight is 225 g/mol. The number of rotatable bonds is 6. The number of pyridine rings is 1. The van der Waals surface area contributed by atoms with Gasteiger partial charge in [-0.2, -0.15) is 0 Å². The fourth-order valence-corrected chi connectivity index (χ4v) is 1.22. The van der Waals surface area contributed by atoms with Gasteiger partial charge in [0, 0.05) is 13.2 Å². The number of ether oxygens (including phenoxy) is 2. The van der Waals surface area contributed by atoms with Crippen molar-refractivity contribution in [3.05, 3.63) is 29.6 Å². The van der Waals surface area contributed by atoms with Crippen LogP contribution in [0.25, 0.3) is 0 Å². The van der Waals surface area contributed by atoms with Crippen LogP contribution in [-0.4, -0.2) is 29.3 Å². The van der Waals surface area contributed by atoms with Crippen LogP contribution in [0.4, 0.5) is 0 Å². The fraction of sp³-hybridized carbons (Fsp3) is 0.455. The number of aromatic nitrogens is 1.